The molecule has 0 saturated carbocycles. The van der Waals surface area contributed by atoms with Gasteiger partial charge in [0.25, 0.3) is 0 Å². The van der Waals surface area contributed by atoms with Gasteiger partial charge < -0.3 is 0 Å². The molecule has 2 aliphatic heterocycles. The summed E-state index contributed by atoms with van der Waals surface area (Å²) in [6.45, 7) is 3.82. The Morgan fingerprint density at radius 1 is 1.32 bits per heavy atom. The normalized spacial score (nSPS) is 17.8. The summed E-state index contributed by atoms with van der Waals surface area (Å²) in [7, 11) is 0. The van der Waals surface area contributed by atoms with E-state index in [0.29, 0.717) is 29.8 Å². The zero-order chi connectivity index (χ0) is 16.1. The summed E-state index contributed by atoms with van der Waals surface area (Å²) >= 11 is 6.15. The second-order valence-electron chi connectivity index (χ2n) is 5.24. The molecule has 0 fully saturated rings. The van der Waals surface area contributed by atoms with E-state index >= 15 is 0 Å². The largest absolute Gasteiger partial charge is 0.416 e. The molecule has 0 amide bonds. The zero-order valence-corrected chi connectivity index (χ0v) is 12.8. The molecule has 0 bridgehead atoms. The molecule has 0 aromatic heterocycles. The Labute approximate surface area is 130 Å². The average Bonchev–Trinajstić information content (AvgIpc) is 2.45. The molecule has 7 heteroatoms. The van der Waals surface area contributed by atoms with E-state index in [0.717, 1.165) is 23.4 Å². The molecule has 0 aliphatic carbocycles. The van der Waals surface area contributed by atoms with Gasteiger partial charge in [0.1, 0.15) is 0 Å². The minimum atomic E-state index is -4.40. The van der Waals surface area contributed by atoms with Crippen LogP contribution < -0.4 is 0 Å². The van der Waals surface area contributed by atoms with E-state index in [4.69, 9.17) is 11.6 Å². The topological polar surface area (TPSA) is 28.0 Å². The SMILES string of the molecule is CCC1=C2c3cc(C(F)(F)F)ccc3N=C(Cl)N2N=C(C)C1. The van der Waals surface area contributed by atoms with Crippen LogP contribution in [-0.4, -0.2) is 16.0 Å². The lowest BCUT2D eigenvalue weighted by molar-refractivity contribution is -0.137. The number of rotatable bonds is 1. The third kappa shape index (κ3) is 2.41. The molecule has 3 rings (SSSR count). The molecule has 22 heavy (non-hydrogen) atoms. The summed E-state index contributed by atoms with van der Waals surface area (Å²) in [5.74, 6) is 0. The van der Waals surface area contributed by atoms with Crippen LogP contribution in [-0.2, 0) is 6.18 Å². The summed E-state index contributed by atoms with van der Waals surface area (Å²) in [5.41, 5.74) is 2.63. The molecular formula is C15H13ClF3N3. The lowest BCUT2D eigenvalue weighted by Crippen LogP contribution is -2.29. The van der Waals surface area contributed by atoms with Gasteiger partial charge in [0, 0.05) is 17.7 Å². The Balaban J connectivity index is 2.24. The van der Waals surface area contributed by atoms with Crippen molar-refractivity contribution in [2.24, 2.45) is 10.1 Å². The Bertz CT molecular complexity index is 732. The van der Waals surface area contributed by atoms with Crippen molar-refractivity contribution in [3.63, 3.8) is 0 Å². The maximum Gasteiger partial charge on any atom is 0.416 e. The van der Waals surface area contributed by atoms with E-state index in [1.807, 2.05) is 13.8 Å². The Hall–Kier alpha value is -1.82. The summed E-state index contributed by atoms with van der Waals surface area (Å²) in [6.07, 6.45) is -3.06. The summed E-state index contributed by atoms with van der Waals surface area (Å²) in [4.78, 5) is 4.16. The van der Waals surface area contributed by atoms with Crippen molar-refractivity contribution in [2.75, 3.05) is 0 Å². The highest BCUT2D eigenvalue weighted by Gasteiger charge is 2.35. The van der Waals surface area contributed by atoms with Gasteiger partial charge in [-0.05, 0) is 48.7 Å². The van der Waals surface area contributed by atoms with Crippen LogP contribution in [0.15, 0.2) is 33.9 Å². The van der Waals surface area contributed by atoms with Crippen LogP contribution in [0.5, 0.6) is 0 Å². The molecule has 116 valence electrons. The van der Waals surface area contributed by atoms with Crippen LogP contribution in [0, 0.1) is 0 Å². The molecule has 1 aromatic rings. The number of halogens is 4. The van der Waals surface area contributed by atoms with Crippen molar-refractivity contribution >= 4 is 34.0 Å². The highest BCUT2D eigenvalue weighted by atomic mass is 35.5. The third-order valence-corrected chi connectivity index (χ3v) is 3.92. The molecule has 0 radical (unpaired) electrons. The van der Waals surface area contributed by atoms with Crippen LogP contribution in [0.25, 0.3) is 5.70 Å². The first kappa shape index (κ1) is 15.1. The molecule has 2 aliphatic rings. The first-order chi connectivity index (χ1) is 10.3. The quantitative estimate of drug-likeness (QED) is 0.656. The number of fused-ring (bicyclic) bond motifs is 3. The van der Waals surface area contributed by atoms with Gasteiger partial charge in [0.2, 0.25) is 5.29 Å². The van der Waals surface area contributed by atoms with Crippen LogP contribution in [0.4, 0.5) is 18.9 Å². The lowest BCUT2D eigenvalue weighted by atomic mass is 9.95. The van der Waals surface area contributed by atoms with E-state index in [-0.39, 0.29) is 5.29 Å². The van der Waals surface area contributed by atoms with Gasteiger partial charge in [0.05, 0.1) is 16.9 Å². The van der Waals surface area contributed by atoms with E-state index in [2.05, 4.69) is 10.1 Å². The van der Waals surface area contributed by atoms with Crippen molar-refractivity contribution in [1.82, 2.24) is 5.01 Å². The van der Waals surface area contributed by atoms with Gasteiger partial charge in [-0.1, -0.05) is 6.92 Å². The lowest BCUT2D eigenvalue weighted by Gasteiger charge is -2.32. The fourth-order valence-electron chi connectivity index (χ4n) is 2.68. The number of alkyl halides is 3. The van der Waals surface area contributed by atoms with Crippen molar-refractivity contribution in [2.45, 2.75) is 32.9 Å². The smallest absolute Gasteiger partial charge is 0.218 e. The van der Waals surface area contributed by atoms with Gasteiger partial charge in [-0.25, -0.2) is 10.0 Å². The zero-order valence-electron chi connectivity index (χ0n) is 12.0. The van der Waals surface area contributed by atoms with Gasteiger partial charge in [-0.2, -0.15) is 18.3 Å². The Morgan fingerprint density at radius 2 is 2.05 bits per heavy atom. The molecule has 0 atom stereocenters. The standard InChI is InChI=1S/C15H13ClF3N3/c1-3-9-6-8(2)21-22-13(9)11-7-10(15(17,18)19)4-5-12(11)20-14(22)16/h4-5,7H,3,6H2,1-2H3. The molecule has 0 spiro atoms. The van der Waals surface area contributed by atoms with Gasteiger partial charge in [0.15, 0.2) is 0 Å². The van der Waals surface area contributed by atoms with Crippen molar-refractivity contribution in [1.29, 1.82) is 0 Å². The predicted octanol–water partition coefficient (Wildman–Crippen LogP) is 5.15. The molecule has 1 aromatic carbocycles. The molecule has 0 saturated heterocycles. The number of hydrogen-bond acceptors (Lipinski definition) is 3. The third-order valence-electron chi connectivity index (χ3n) is 3.68. The fourth-order valence-corrected chi connectivity index (χ4v) is 2.89. The highest BCUT2D eigenvalue weighted by Crippen LogP contribution is 2.43. The van der Waals surface area contributed by atoms with Gasteiger partial charge in [-0.3, -0.25) is 0 Å². The highest BCUT2D eigenvalue weighted by molar-refractivity contribution is 6.65. The summed E-state index contributed by atoms with van der Waals surface area (Å²) in [5, 5.41) is 5.90. The maximum absolute atomic E-state index is 13.0. The molecular weight excluding hydrogens is 315 g/mol. The number of nitrogens with zero attached hydrogens (tertiary/aromatic N) is 3. The van der Waals surface area contributed by atoms with Crippen molar-refractivity contribution < 1.29 is 13.2 Å². The molecule has 2 heterocycles. The average molecular weight is 328 g/mol. The number of amidine groups is 1. The van der Waals surface area contributed by atoms with E-state index in [1.54, 1.807) is 0 Å². The first-order valence-electron chi connectivity index (χ1n) is 6.83. The Morgan fingerprint density at radius 3 is 2.68 bits per heavy atom. The number of hydrogen-bond donors (Lipinski definition) is 0. The van der Waals surface area contributed by atoms with Crippen molar-refractivity contribution in [3.8, 4) is 0 Å². The second kappa shape index (κ2) is 5.12. The van der Waals surface area contributed by atoms with Crippen LogP contribution in [0.3, 0.4) is 0 Å². The minimum Gasteiger partial charge on any atom is -0.218 e. The van der Waals surface area contributed by atoms with Crippen LogP contribution in [0.1, 0.15) is 37.8 Å². The predicted molar refractivity (Wildman–Crippen MR) is 81.2 cm³/mol. The number of hydrazone groups is 1. The van der Waals surface area contributed by atoms with Gasteiger partial charge in [-0.15, -0.1) is 0 Å². The number of aliphatic imine (C=N–C) groups is 1. The minimum absolute atomic E-state index is 0.146. The van der Waals surface area contributed by atoms with Gasteiger partial charge >= 0.3 is 6.18 Å². The monoisotopic (exact) mass is 327 g/mol. The van der Waals surface area contributed by atoms with E-state index < -0.39 is 11.7 Å². The van der Waals surface area contributed by atoms with E-state index in [1.165, 1.54) is 11.1 Å². The van der Waals surface area contributed by atoms with Crippen LogP contribution in [0.2, 0.25) is 0 Å². The fraction of sp³-hybridized carbons (Fsp3) is 0.333. The molecule has 3 nitrogen and oxygen atoms in total. The first-order valence-corrected chi connectivity index (χ1v) is 7.21. The van der Waals surface area contributed by atoms with Crippen LogP contribution >= 0.6 is 11.6 Å². The Kier molecular flexibility index (Phi) is 3.51. The molecule has 0 unspecified atom stereocenters. The second-order valence-corrected chi connectivity index (χ2v) is 5.58. The maximum atomic E-state index is 13.0. The number of allylic oxidation sites excluding steroid dienone is 1. The van der Waals surface area contributed by atoms with Crippen molar-refractivity contribution in [3.05, 3.63) is 34.9 Å². The number of benzene rings is 1. The summed E-state index contributed by atoms with van der Waals surface area (Å²) in [6, 6.07) is 3.49. The summed E-state index contributed by atoms with van der Waals surface area (Å²) < 4.78 is 38.9. The van der Waals surface area contributed by atoms with E-state index in [9.17, 15) is 13.2 Å². The molecule has 0 N–H and O–H groups in total.